The van der Waals surface area contributed by atoms with Crippen LogP contribution < -0.4 is 4.90 Å². The Morgan fingerprint density at radius 3 is 2.35 bits per heavy atom. The fourth-order valence-electron chi connectivity index (χ4n) is 2.95. The molecule has 120 valence electrons. The van der Waals surface area contributed by atoms with Gasteiger partial charge in [-0.15, -0.1) is 0 Å². The molecular formula is C20H23NO2. The molecule has 1 saturated heterocycles. The van der Waals surface area contributed by atoms with E-state index >= 15 is 0 Å². The van der Waals surface area contributed by atoms with Crippen LogP contribution in [0.15, 0.2) is 48.5 Å². The van der Waals surface area contributed by atoms with Gasteiger partial charge in [0.15, 0.2) is 0 Å². The Hall–Kier alpha value is -2.29. The zero-order valence-corrected chi connectivity index (χ0v) is 13.8. The van der Waals surface area contributed by atoms with E-state index < -0.39 is 0 Å². The van der Waals surface area contributed by atoms with Crippen LogP contribution in [-0.2, 0) is 4.74 Å². The van der Waals surface area contributed by atoms with Crippen molar-refractivity contribution in [2.45, 2.75) is 32.8 Å². The average Bonchev–Trinajstić information content (AvgIpc) is 3.09. The van der Waals surface area contributed by atoms with Gasteiger partial charge in [0.2, 0.25) is 0 Å². The van der Waals surface area contributed by atoms with Gasteiger partial charge in [-0.3, -0.25) is 0 Å². The number of ether oxygens (including phenoxy) is 1. The Morgan fingerprint density at radius 1 is 1.00 bits per heavy atom. The molecule has 3 rings (SSSR count). The predicted octanol–water partition coefficient (Wildman–Crippen LogP) is 4.52. The lowest BCUT2D eigenvalue weighted by molar-refractivity contribution is 0.0378. The molecule has 2 aromatic rings. The minimum Gasteiger partial charge on any atom is -0.459 e. The van der Waals surface area contributed by atoms with E-state index in [9.17, 15) is 4.79 Å². The lowest BCUT2D eigenvalue weighted by atomic mass is 10.0. The summed E-state index contributed by atoms with van der Waals surface area (Å²) >= 11 is 0. The van der Waals surface area contributed by atoms with E-state index in [2.05, 4.69) is 29.2 Å². The highest BCUT2D eigenvalue weighted by Gasteiger charge is 2.13. The molecule has 0 spiro atoms. The second-order valence-electron chi connectivity index (χ2n) is 6.28. The Balaban J connectivity index is 1.79. The van der Waals surface area contributed by atoms with E-state index in [0.29, 0.717) is 5.56 Å². The normalized spacial score (nSPS) is 14.3. The van der Waals surface area contributed by atoms with Crippen molar-refractivity contribution >= 4 is 11.7 Å². The average molecular weight is 309 g/mol. The fraction of sp³-hybridized carbons (Fsp3) is 0.350. The van der Waals surface area contributed by atoms with Crippen LogP contribution >= 0.6 is 0 Å². The molecule has 3 nitrogen and oxygen atoms in total. The third-order valence-corrected chi connectivity index (χ3v) is 4.11. The van der Waals surface area contributed by atoms with Crippen LogP contribution in [0, 0.1) is 0 Å². The van der Waals surface area contributed by atoms with Gasteiger partial charge < -0.3 is 9.64 Å². The Labute approximate surface area is 137 Å². The second-order valence-corrected chi connectivity index (χ2v) is 6.28. The molecule has 0 aliphatic carbocycles. The van der Waals surface area contributed by atoms with Crippen LogP contribution in [0.1, 0.15) is 37.0 Å². The summed E-state index contributed by atoms with van der Waals surface area (Å²) in [5.74, 6) is -0.268. The molecular weight excluding hydrogens is 286 g/mol. The Bertz CT molecular complexity index is 670. The summed E-state index contributed by atoms with van der Waals surface area (Å²) in [4.78, 5) is 14.5. The molecule has 1 heterocycles. The maximum atomic E-state index is 12.0. The topological polar surface area (TPSA) is 29.5 Å². The maximum Gasteiger partial charge on any atom is 0.338 e. The molecule has 1 aliphatic rings. The molecule has 2 aromatic carbocycles. The molecule has 0 unspecified atom stereocenters. The molecule has 0 amide bonds. The van der Waals surface area contributed by atoms with Gasteiger partial charge in [-0.05, 0) is 62.1 Å². The second kappa shape index (κ2) is 6.86. The van der Waals surface area contributed by atoms with E-state index in [1.807, 2.05) is 32.0 Å². The van der Waals surface area contributed by atoms with Gasteiger partial charge in [0.05, 0.1) is 11.7 Å². The summed E-state index contributed by atoms with van der Waals surface area (Å²) in [6.07, 6.45) is 2.45. The van der Waals surface area contributed by atoms with Gasteiger partial charge >= 0.3 is 5.97 Å². The predicted molar refractivity (Wildman–Crippen MR) is 93.9 cm³/mol. The molecule has 0 aromatic heterocycles. The van der Waals surface area contributed by atoms with Crippen molar-refractivity contribution in [3.63, 3.8) is 0 Å². The lowest BCUT2D eigenvalue weighted by Crippen LogP contribution is -2.17. The van der Waals surface area contributed by atoms with Crippen molar-refractivity contribution in [2.24, 2.45) is 0 Å². The number of carbonyl (C=O) groups is 1. The molecule has 23 heavy (non-hydrogen) atoms. The van der Waals surface area contributed by atoms with Crippen molar-refractivity contribution in [2.75, 3.05) is 18.0 Å². The smallest absolute Gasteiger partial charge is 0.338 e. The number of esters is 1. The fourth-order valence-corrected chi connectivity index (χ4v) is 2.95. The molecule has 0 saturated carbocycles. The molecule has 0 bridgehead atoms. The van der Waals surface area contributed by atoms with Crippen LogP contribution in [-0.4, -0.2) is 25.2 Å². The number of hydrogen-bond donors (Lipinski definition) is 0. The Morgan fingerprint density at radius 2 is 1.70 bits per heavy atom. The van der Waals surface area contributed by atoms with Gasteiger partial charge in [-0.1, -0.05) is 24.3 Å². The Kier molecular flexibility index (Phi) is 4.65. The van der Waals surface area contributed by atoms with Gasteiger partial charge in [0, 0.05) is 18.8 Å². The largest absolute Gasteiger partial charge is 0.459 e. The van der Waals surface area contributed by atoms with Gasteiger partial charge in [-0.2, -0.15) is 0 Å². The van der Waals surface area contributed by atoms with Crippen molar-refractivity contribution < 1.29 is 9.53 Å². The number of hydrogen-bond acceptors (Lipinski definition) is 3. The maximum absolute atomic E-state index is 12.0. The van der Waals surface area contributed by atoms with Gasteiger partial charge in [0.25, 0.3) is 0 Å². The number of rotatable bonds is 4. The van der Waals surface area contributed by atoms with E-state index in [4.69, 9.17) is 4.74 Å². The van der Waals surface area contributed by atoms with E-state index in [1.54, 1.807) is 6.07 Å². The quantitative estimate of drug-likeness (QED) is 0.778. The van der Waals surface area contributed by atoms with Crippen LogP contribution in [0.4, 0.5) is 5.69 Å². The summed E-state index contributed by atoms with van der Waals surface area (Å²) in [6, 6.07) is 16.2. The highest BCUT2D eigenvalue weighted by molar-refractivity contribution is 5.91. The summed E-state index contributed by atoms with van der Waals surface area (Å²) < 4.78 is 5.27. The molecule has 1 fully saturated rings. The summed E-state index contributed by atoms with van der Waals surface area (Å²) in [5, 5.41) is 0. The molecule has 0 radical (unpaired) electrons. The number of benzene rings is 2. The van der Waals surface area contributed by atoms with Gasteiger partial charge in [0.1, 0.15) is 0 Å². The summed E-state index contributed by atoms with van der Waals surface area (Å²) in [7, 11) is 0. The van der Waals surface area contributed by atoms with Crippen LogP contribution in [0.25, 0.3) is 11.1 Å². The van der Waals surface area contributed by atoms with Crippen LogP contribution in [0.5, 0.6) is 0 Å². The third kappa shape index (κ3) is 3.73. The highest BCUT2D eigenvalue weighted by atomic mass is 16.5. The van der Waals surface area contributed by atoms with Crippen LogP contribution in [0.2, 0.25) is 0 Å². The lowest BCUT2D eigenvalue weighted by Gasteiger charge is -2.17. The van der Waals surface area contributed by atoms with Crippen molar-refractivity contribution in [3.8, 4) is 11.1 Å². The first-order chi connectivity index (χ1) is 11.1. The van der Waals surface area contributed by atoms with Crippen molar-refractivity contribution in [1.29, 1.82) is 0 Å². The third-order valence-electron chi connectivity index (χ3n) is 4.11. The number of anilines is 1. The standard InChI is InChI=1S/C20H23NO2/c1-15(2)23-20(22)18-7-5-6-17(14-18)16-8-10-19(11-9-16)21-12-3-4-13-21/h5-11,14-15H,3-4,12-13H2,1-2H3. The minimum absolute atomic E-state index is 0.106. The summed E-state index contributed by atoms with van der Waals surface area (Å²) in [6.45, 7) is 6.02. The van der Waals surface area contributed by atoms with E-state index in [-0.39, 0.29) is 12.1 Å². The first kappa shape index (κ1) is 15.6. The zero-order valence-electron chi connectivity index (χ0n) is 13.8. The summed E-state index contributed by atoms with van der Waals surface area (Å²) in [5.41, 5.74) is 4.03. The van der Waals surface area contributed by atoms with E-state index in [0.717, 1.165) is 24.2 Å². The number of carbonyl (C=O) groups excluding carboxylic acids is 1. The van der Waals surface area contributed by atoms with Crippen LogP contribution in [0.3, 0.4) is 0 Å². The molecule has 0 N–H and O–H groups in total. The van der Waals surface area contributed by atoms with Crippen molar-refractivity contribution in [1.82, 2.24) is 0 Å². The SMILES string of the molecule is CC(C)OC(=O)c1cccc(-c2ccc(N3CCCC3)cc2)c1. The number of nitrogens with zero attached hydrogens (tertiary/aromatic N) is 1. The minimum atomic E-state index is -0.268. The van der Waals surface area contributed by atoms with Crippen molar-refractivity contribution in [3.05, 3.63) is 54.1 Å². The molecule has 0 atom stereocenters. The highest BCUT2D eigenvalue weighted by Crippen LogP contribution is 2.26. The van der Waals surface area contributed by atoms with Gasteiger partial charge in [-0.25, -0.2) is 4.79 Å². The first-order valence-electron chi connectivity index (χ1n) is 8.30. The zero-order chi connectivity index (χ0) is 16.2. The monoisotopic (exact) mass is 309 g/mol. The molecule has 3 heteroatoms. The van der Waals surface area contributed by atoms with E-state index in [1.165, 1.54) is 18.5 Å². The molecule has 1 aliphatic heterocycles. The first-order valence-corrected chi connectivity index (χ1v) is 8.30.